The number of benzene rings is 3. The maximum Gasteiger partial charge on any atom is 0.277 e. The van der Waals surface area contributed by atoms with E-state index < -0.39 is 10.8 Å². The van der Waals surface area contributed by atoms with Gasteiger partial charge in [0.05, 0.1) is 11.1 Å². The molecule has 3 aromatic carbocycles. The molecule has 1 N–H and O–H groups in total. The van der Waals surface area contributed by atoms with Crippen LogP contribution in [0.3, 0.4) is 0 Å². The minimum absolute atomic E-state index is 0.0417. The van der Waals surface area contributed by atoms with E-state index in [-0.39, 0.29) is 12.3 Å². The van der Waals surface area contributed by atoms with Crippen molar-refractivity contribution in [2.24, 2.45) is 5.10 Å². The number of hydrogen-bond donors (Lipinski definition) is 1. The molecule has 0 spiro atoms. The number of rotatable bonds is 6. The Labute approximate surface area is 149 Å². The van der Waals surface area contributed by atoms with E-state index in [0.717, 1.165) is 10.8 Å². The van der Waals surface area contributed by atoms with Crippen molar-refractivity contribution in [3.63, 3.8) is 0 Å². The standard InChI is InChI=1S/C19H15N3O4/c23-19(21-20-12-14-4-3-7-17(10-14)22(24)25)13-26-18-9-8-15-5-1-2-6-16(15)11-18/h1-12H,13H2,(H,21,23). The Hall–Kier alpha value is -3.74. The van der Waals surface area contributed by atoms with E-state index in [0.29, 0.717) is 11.3 Å². The van der Waals surface area contributed by atoms with Crippen LogP contribution in [0.2, 0.25) is 0 Å². The van der Waals surface area contributed by atoms with Crippen LogP contribution in [0, 0.1) is 10.1 Å². The van der Waals surface area contributed by atoms with Crippen molar-refractivity contribution in [3.05, 3.63) is 82.4 Å². The van der Waals surface area contributed by atoms with E-state index in [1.54, 1.807) is 18.2 Å². The minimum atomic E-state index is -0.493. The van der Waals surface area contributed by atoms with Gasteiger partial charge in [0, 0.05) is 17.7 Å². The van der Waals surface area contributed by atoms with Crippen LogP contribution >= 0.6 is 0 Å². The molecule has 0 radical (unpaired) electrons. The molecule has 0 aliphatic rings. The van der Waals surface area contributed by atoms with E-state index in [1.165, 1.54) is 18.3 Å². The van der Waals surface area contributed by atoms with Crippen LogP contribution in [0.5, 0.6) is 5.75 Å². The summed E-state index contributed by atoms with van der Waals surface area (Å²) in [5.74, 6) is 0.154. The van der Waals surface area contributed by atoms with Gasteiger partial charge in [-0.05, 0) is 22.9 Å². The molecule has 0 saturated carbocycles. The Morgan fingerprint density at radius 2 is 1.88 bits per heavy atom. The summed E-state index contributed by atoms with van der Waals surface area (Å²) in [6.45, 7) is -0.190. The van der Waals surface area contributed by atoms with Gasteiger partial charge < -0.3 is 4.74 Å². The van der Waals surface area contributed by atoms with Gasteiger partial charge in [0.15, 0.2) is 6.61 Å². The van der Waals surface area contributed by atoms with Gasteiger partial charge in [-0.3, -0.25) is 14.9 Å². The Morgan fingerprint density at radius 1 is 1.08 bits per heavy atom. The van der Waals surface area contributed by atoms with Crippen molar-refractivity contribution in [1.29, 1.82) is 0 Å². The van der Waals surface area contributed by atoms with E-state index in [9.17, 15) is 14.9 Å². The average molecular weight is 349 g/mol. The van der Waals surface area contributed by atoms with Gasteiger partial charge in [-0.2, -0.15) is 5.10 Å². The quantitative estimate of drug-likeness (QED) is 0.420. The van der Waals surface area contributed by atoms with E-state index >= 15 is 0 Å². The van der Waals surface area contributed by atoms with Crippen molar-refractivity contribution in [2.45, 2.75) is 0 Å². The molecule has 0 aliphatic heterocycles. The zero-order valence-electron chi connectivity index (χ0n) is 13.7. The number of ether oxygens (including phenoxy) is 1. The third-order valence-corrected chi connectivity index (χ3v) is 3.57. The Balaban J connectivity index is 1.53. The summed E-state index contributed by atoms with van der Waals surface area (Å²) in [6.07, 6.45) is 1.33. The second-order valence-electron chi connectivity index (χ2n) is 5.44. The Kier molecular flexibility index (Phi) is 5.19. The molecule has 0 bridgehead atoms. The van der Waals surface area contributed by atoms with Crippen LogP contribution in [0.25, 0.3) is 10.8 Å². The lowest BCUT2D eigenvalue weighted by Gasteiger charge is -2.06. The highest BCUT2D eigenvalue weighted by molar-refractivity contribution is 5.85. The molecule has 0 aliphatic carbocycles. The number of nitrogens with zero attached hydrogens (tertiary/aromatic N) is 2. The zero-order valence-corrected chi connectivity index (χ0v) is 13.7. The number of nitrogens with one attached hydrogen (secondary N) is 1. The molecule has 0 unspecified atom stereocenters. The molecule has 0 heterocycles. The largest absolute Gasteiger partial charge is 0.484 e. The van der Waals surface area contributed by atoms with Crippen LogP contribution in [0.1, 0.15) is 5.56 Å². The van der Waals surface area contributed by atoms with Crippen molar-refractivity contribution in [3.8, 4) is 5.75 Å². The smallest absolute Gasteiger partial charge is 0.277 e. The summed E-state index contributed by atoms with van der Waals surface area (Å²) in [5.41, 5.74) is 2.79. The highest BCUT2D eigenvalue weighted by atomic mass is 16.6. The van der Waals surface area contributed by atoms with Gasteiger partial charge in [0.2, 0.25) is 0 Å². The first-order valence-corrected chi connectivity index (χ1v) is 7.80. The van der Waals surface area contributed by atoms with Gasteiger partial charge in [0.25, 0.3) is 11.6 Å². The molecule has 130 valence electrons. The van der Waals surface area contributed by atoms with Crippen LogP contribution in [-0.2, 0) is 4.79 Å². The lowest BCUT2D eigenvalue weighted by molar-refractivity contribution is -0.384. The molecule has 1 amide bonds. The van der Waals surface area contributed by atoms with Crippen molar-refractivity contribution in [2.75, 3.05) is 6.61 Å². The summed E-state index contributed by atoms with van der Waals surface area (Å²) in [4.78, 5) is 22.0. The van der Waals surface area contributed by atoms with Crippen LogP contribution in [-0.4, -0.2) is 23.7 Å². The van der Waals surface area contributed by atoms with Crippen molar-refractivity contribution in [1.82, 2.24) is 5.43 Å². The van der Waals surface area contributed by atoms with Gasteiger partial charge >= 0.3 is 0 Å². The number of hydrogen-bond acceptors (Lipinski definition) is 5. The normalized spacial score (nSPS) is 10.8. The molecule has 7 heteroatoms. The molecule has 7 nitrogen and oxygen atoms in total. The molecular weight excluding hydrogens is 334 g/mol. The Morgan fingerprint density at radius 3 is 2.69 bits per heavy atom. The van der Waals surface area contributed by atoms with E-state index in [2.05, 4.69) is 10.5 Å². The maximum absolute atomic E-state index is 11.8. The summed E-state index contributed by atoms with van der Waals surface area (Å²) in [5, 5.41) is 16.6. The highest BCUT2D eigenvalue weighted by Gasteiger charge is 2.05. The molecule has 0 saturated heterocycles. The zero-order chi connectivity index (χ0) is 18.4. The summed E-state index contributed by atoms with van der Waals surface area (Å²) >= 11 is 0. The molecule has 0 fully saturated rings. The third kappa shape index (κ3) is 4.41. The average Bonchev–Trinajstić information content (AvgIpc) is 2.66. The number of nitro benzene ring substituents is 1. The maximum atomic E-state index is 11.8. The van der Waals surface area contributed by atoms with E-state index in [4.69, 9.17) is 4.74 Å². The second-order valence-corrected chi connectivity index (χ2v) is 5.44. The lowest BCUT2D eigenvalue weighted by Crippen LogP contribution is -2.24. The van der Waals surface area contributed by atoms with Gasteiger partial charge in [-0.15, -0.1) is 0 Å². The van der Waals surface area contributed by atoms with Crippen LogP contribution in [0.15, 0.2) is 71.8 Å². The number of carbonyl (C=O) groups is 1. The minimum Gasteiger partial charge on any atom is -0.484 e. The van der Waals surface area contributed by atoms with E-state index in [1.807, 2.05) is 36.4 Å². The van der Waals surface area contributed by atoms with Crippen LogP contribution < -0.4 is 10.2 Å². The summed E-state index contributed by atoms with van der Waals surface area (Å²) < 4.78 is 5.45. The molecular formula is C19H15N3O4. The first kappa shape index (κ1) is 17.1. The fourth-order valence-corrected chi connectivity index (χ4v) is 2.34. The molecule has 0 aromatic heterocycles. The van der Waals surface area contributed by atoms with Crippen molar-refractivity contribution >= 4 is 28.6 Å². The number of hydrazone groups is 1. The van der Waals surface area contributed by atoms with Gasteiger partial charge in [0.1, 0.15) is 5.75 Å². The summed E-state index contributed by atoms with van der Waals surface area (Å²) in [7, 11) is 0. The molecule has 3 aromatic rings. The number of non-ortho nitro benzene ring substituents is 1. The third-order valence-electron chi connectivity index (χ3n) is 3.57. The van der Waals surface area contributed by atoms with Gasteiger partial charge in [-0.1, -0.05) is 42.5 Å². The fraction of sp³-hybridized carbons (Fsp3) is 0.0526. The summed E-state index contributed by atoms with van der Waals surface area (Å²) in [6, 6.07) is 19.4. The first-order valence-electron chi connectivity index (χ1n) is 7.80. The predicted octanol–water partition coefficient (Wildman–Crippen LogP) is 3.28. The Bertz CT molecular complexity index is 985. The SMILES string of the molecule is O=C(COc1ccc2ccccc2c1)NN=Cc1cccc([N+](=O)[O-])c1. The second kappa shape index (κ2) is 7.89. The lowest BCUT2D eigenvalue weighted by atomic mass is 10.1. The number of carbonyl (C=O) groups excluding carboxylic acids is 1. The molecule has 3 rings (SSSR count). The fourth-order valence-electron chi connectivity index (χ4n) is 2.34. The van der Waals surface area contributed by atoms with Crippen LogP contribution in [0.4, 0.5) is 5.69 Å². The first-order chi connectivity index (χ1) is 12.6. The number of fused-ring (bicyclic) bond motifs is 1. The molecule has 26 heavy (non-hydrogen) atoms. The van der Waals surface area contributed by atoms with Gasteiger partial charge in [-0.25, -0.2) is 5.43 Å². The predicted molar refractivity (Wildman–Crippen MR) is 98.3 cm³/mol. The monoisotopic (exact) mass is 349 g/mol. The number of nitro groups is 1. The van der Waals surface area contributed by atoms with Crippen molar-refractivity contribution < 1.29 is 14.5 Å². The molecule has 0 atom stereocenters. The highest BCUT2D eigenvalue weighted by Crippen LogP contribution is 2.20. The number of amides is 1. The topological polar surface area (TPSA) is 93.8 Å².